The van der Waals surface area contributed by atoms with E-state index in [4.69, 9.17) is 16.3 Å². The van der Waals surface area contributed by atoms with Crippen LogP contribution in [0.15, 0.2) is 18.2 Å². The third-order valence-electron chi connectivity index (χ3n) is 3.21. The molecule has 2 nitrogen and oxygen atoms in total. The molecule has 1 atom stereocenters. The molecule has 0 fully saturated rings. The van der Waals surface area contributed by atoms with Crippen LogP contribution in [-0.4, -0.2) is 25.8 Å². The van der Waals surface area contributed by atoms with Crippen molar-refractivity contribution in [2.45, 2.75) is 45.6 Å². The molecule has 0 aliphatic rings. The van der Waals surface area contributed by atoms with Gasteiger partial charge in [0.25, 0.3) is 0 Å². The molecule has 114 valence electrons. The molecule has 4 heteroatoms. The Morgan fingerprint density at radius 3 is 2.80 bits per heavy atom. The molecule has 20 heavy (non-hydrogen) atoms. The molecule has 0 amide bonds. The van der Waals surface area contributed by atoms with E-state index in [1.165, 1.54) is 6.07 Å². The highest BCUT2D eigenvalue weighted by Crippen LogP contribution is 2.17. The summed E-state index contributed by atoms with van der Waals surface area (Å²) in [4.78, 5) is 0. The Hall–Kier alpha value is -0.640. The van der Waals surface area contributed by atoms with Crippen molar-refractivity contribution < 1.29 is 9.13 Å². The van der Waals surface area contributed by atoms with Crippen LogP contribution < -0.4 is 5.32 Å². The molecule has 1 aromatic rings. The Morgan fingerprint density at radius 2 is 2.15 bits per heavy atom. The fraction of sp³-hybridized carbons (Fsp3) is 0.625. The lowest BCUT2D eigenvalue weighted by Gasteiger charge is -2.19. The van der Waals surface area contributed by atoms with E-state index < -0.39 is 0 Å². The second kappa shape index (κ2) is 10.1. The summed E-state index contributed by atoms with van der Waals surface area (Å²) in [6, 6.07) is 5.19. The molecule has 0 aliphatic carbocycles. The zero-order valence-electron chi connectivity index (χ0n) is 12.4. The van der Waals surface area contributed by atoms with Gasteiger partial charge in [-0.2, -0.15) is 0 Å². The minimum Gasteiger partial charge on any atom is -0.382 e. The fourth-order valence-electron chi connectivity index (χ4n) is 2.15. The van der Waals surface area contributed by atoms with Gasteiger partial charge in [0.2, 0.25) is 0 Å². The van der Waals surface area contributed by atoms with Gasteiger partial charge in [0, 0.05) is 24.3 Å². The van der Waals surface area contributed by atoms with E-state index in [-0.39, 0.29) is 11.9 Å². The highest BCUT2D eigenvalue weighted by molar-refractivity contribution is 6.30. The van der Waals surface area contributed by atoms with Crippen molar-refractivity contribution in [3.8, 4) is 0 Å². The molecule has 1 unspecified atom stereocenters. The molecule has 1 rings (SSSR count). The Kier molecular flexibility index (Phi) is 8.83. The smallest absolute Gasteiger partial charge is 0.127 e. The van der Waals surface area contributed by atoms with Gasteiger partial charge in [-0.15, -0.1) is 0 Å². The highest BCUT2D eigenvalue weighted by atomic mass is 35.5. The third kappa shape index (κ3) is 6.69. The highest BCUT2D eigenvalue weighted by Gasteiger charge is 2.12. The van der Waals surface area contributed by atoms with Gasteiger partial charge in [-0.25, -0.2) is 4.39 Å². The van der Waals surface area contributed by atoms with E-state index in [0.29, 0.717) is 11.4 Å². The lowest BCUT2D eigenvalue weighted by atomic mass is 10.0. The first-order chi connectivity index (χ1) is 9.67. The standard InChI is InChI=1S/C16H25ClFNO/c1-3-9-19-15(6-5-10-20-4-2)11-13-7-8-14(17)12-16(13)18/h7-8,12,15,19H,3-6,9-11H2,1-2H3. The van der Waals surface area contributed by atoms with E-state index in [2.05, 4.69) is 12.2 Å². The second-order valence-electron chi connectivity index (χ2n) is 4.93. The molecule has 1 aromatic carbocycles. The SMILES string of the molecule is CCCNC(CCCOCC)Cc1ccc(Cl)cc1F. The summed E-state index contributed by atoms with van der Waals surface area (Å²) < 4.78 is 19.2. The topological polar surface area (TPSA) is 21.3 Å². The summed E-state index contributed by atoms with van der Waals surface area (Å²) in [5.74, 6) is -0.217. The van der Waals surface area contributed by atoms with Crippen molar-refractivity contribution in [2.75, 3.05) is 19.8 Å². The molecule has 0 saturated heterocycles. The molecule has 0 radical (unpaired) electrons. The normalized spacial score (nSPS) is 12.6. The third-order valence-corrected chi connectivity index (χ3v) is 3.44. The largest absolute Gasteiger partial charge is 0.382 e. The fourth-order valence-corrected chi connectivity index (χ4v) is 2.31. The molecule has 0 spiro atoms. The molecule has 1 N–H and O–H groups in total. The lowest BCUT2D eigenvalue weighted by molar-refractivity contribution is 0.140. The predicted molar refractivity (Wildman–Crippen MR) is 82.9 cm³/mol. The number of ether oxygens (including phenoxy) is 1. The van der Waals surface area contributed by atoms with Crippen LogP contribution in [0.4, 0.5) is 4.39 Å². The zero-order chi connectivity index (χ0) is 14.8. The van der Waals surface area contributed by atoms with Crippen LogP contribution in [-0.2, 0) is 11.2 Å². The van der Waals surface area contributed by atoms with Gasteiger partial charge in [0.05, 0.1) is 0 Å². The van der Waals surface area contributed by atoms with E-state index in [1.807, 2.05) is 6.92 Å². The van der Waals surface area contributed by atoms with Crippen molar-refractivity contribution in [3.63, 3.8) is 0 Å². The number of halogens is 2. The summed E-state index contributed by atoms with van der Waals surface area (Å²) in [5.41, 5.74) is 0.722. The average molecular weight is 302 g/mol. The maximum atomic E-state index is 13.8. The number of benzene rings is 1. The predicted octanol–water partition coefficient (Wildman–Crippen LogP) is 4.21. The van der Waals surface area contributed by atoms with E-state index in [1.54, 1.807) is 12.1 Å². The molecule has 0 bridgehead atoms. The Bertz CT molecular complexity index is 387. The quantitative estimate of drug-likeness (QED) is 0.654. The number of nitrogens with one attached hydrogen (secondary N) is 1. The van der Waals surface area contributed by atoms with Crippen LogP contribution >= 0.6 is 11.6 Å². The van der Waals surface area contributed by atoms with Crippen LogP contribution in [0.2, 0.25) is 5.02 Å². The second-order valence-corrected chi connectivity index (χ2v) is 5.37. The lowest BCUT2D eigenvalue weighted by Crippen LogP contribution is -2.32. The van der Waals surface area contributed by atoms with Gasteiger partial charge < -0.3 is 10.1 Å². The summed E-state index contributed by atoms with van der Waals surface area (Å²) >= 11 is 5.78. The minimum absolute atomic E-state index is 0.217. The summed E-state index contributed by atoms with van der Waals surface area (Å²) in [7, 11) is 0. The van der Waals surface area contributed by atoms with Gasteiger partial charge in [0.15, 0.2) is 0 Å². The Morgan fingerprint density at radius 1 is 1.35 bits per heavy atom. The van der Waals surface area contributed by atoms with E-state index in [0.717, 1.165) is 44.6 Å². The molecule has 0 aliphatic heterocycles. The number of hydrogen-bond donors (Lipinski definition) is 1. The van der Waals surface area contributed by atoms with E-state index >= 15 is 0 Å². The Labute approximate surface area is 126 Å². The van der Waals surface area contributed by atoms with Crippen LogP contribution in [0.1, 0.15) is 38.7 Å². The van der Waals surface area contributed by atoms with Gasteiger partial charge >= 0.3 is 0 Å². The van der Waals surface area contributed by atoms with Gasteiger partial charge in [-0.3, -0.25) is 0 Å². The van der Waals surface area contributed by atoms with Crippen molar-refractivity contribution in [1.82, 2.24) is 5.32 Å². The number of hydrogen-bond acceptors (Lipinski definition) is 2. The molecular formula is C16H25ClFNO. The van der Waals surface area contributed by atoms with E-state index in [9.17, 15) is 4.39 Å². The van der Waals surface area contributed by atoms with Gasteiger partial charge in [0.1, 0.15) is 5.82 Å². The maximum absolute atomic E-state index is 13.8. The summed E-state index contributed by atoms with van der Waals surface area (Å²) in [6.45, 7) is 6.60. The van der Waals surface area contributed by atoms with Crippen LogP contribution in [0.3, 0.4) is 0 Å². The van der Waals surface area contributed by atoms with Gasteiger partial charge in [-0.05, 0) is 56.8 Å². The van der Waals surface area contributed by atoms with Crippen LogP contribution in [0, 0.1) is 5.82 Å². The van der Waals surface area contributed by atoms with Crippen molar-refractivity contribution in [3.05, 3.63) is 34.6 Å². The molecule has 0 saturated carbocycles. The van der Waals surface area contributed by atoms with Gasteiger partial charge in [-0.1, -0.05) is 24.6 Å². The monoisotopic (exact) mass is 301 g/mol. The molecule has 0 aromatic heterocycles. The minimum atomic E-state index is -0.217. The van der Waals surface area contributed by atoms with Crippen LogP contribution in [0.5, 0.6) is 0 Å². The molecule has 0 heterocycles. The first-order valence-corrected chi connectivity index (χ1v) is 7.80. The van der Waals surface area contributed by atoms with Crippen molar-refractivity contribution >= 4 is 11.6 Å². The first-order valence-electron chi connectivity index (χ1n) is 7.42. The van der Waals surface area contributed by atoms with Crippen molar-refractivity contribution in [1.29, 1.82) is 0 Å². The van der Waals surface area contributed by atoms with Crippen molar-refractivity contribution in [2.24, 2.45) is 0 Å². The Balaban J connectivity index is 2.53. The van der Waals surface area contributed by atoms with Crippen LogP contribution in [0.25, 0.3) is 0 Å². The summed E-state index contributed by atoms with van der Waals surface area (Å²) in [5, 5.41) is 3.93. The average Bonchev–Trinajstić information content (AvgIpc) is 2.43. The number of rotatable bonds is 10. The maximum Gasteiger partial charge on any atom is 0.127 e. The summed E-state index contributed by atoms with van der Waals surface area (Å²) in [6.07, 6.45) is 3.74. The molecular weight excluding hydrogens is 277 g/mol. The zero-order valence-corrected chi connectivity index (χ0v) is 13.2. The first kappa shape index (κ1) is 17.4.